The summed E-state index contributed by atoms with van der Waals surface area (Å²) in [6, 6.07) is 15.3. The molecule has 1 saturated heterocycles. The molecule has 0 saturated carbocycles. The fourth-order valence-electron chi connectivity index (χ4n) is 3.40. The molecule has 1 aromatic carbocycles. The van der Waals surface area contributed by atoms with Crippen LogP contribution in [0.25, 0.3) is 11.3 Å². The molecule has 29 heavy (non-hydrogen) atoms. The third-order valence-corrected chi connectivity index (χ3v) is 4.99. The largest absolute Gasteiger partial charge is 0.377 e. The highest BCUT2D eigenvalue weighted by molar-refractivity contribution is 5.59. The zero-order chi connectivity index (χ0) is 20.1. The molecule has 7 nitrogen and oxygen atoms in total. The van der Waals surface area contributed by atoms with Crippen LogP contribution in [0.3, 0.4) is 0 Å². The molecule has 1 atom stereocenters. The summed E-state index contributed by atoms with van der Waals surface area (Å²) in [5, 5.41) is 0. The van der Waals surface area contributed by atoms with Gasteiger partial charge in [-0.05, 0) is 17.7 Å². The Bertz CT molecular complexity index is 992. The van der Waals surface area contributed by atoms with E-state index in [9.17, 15) is 4.79 Å². The molecule has 3 aromatic rings. The van der Waals surface area contributed by atoms with Crippen LogP contribution in [-0.4, -0.2) is 46.9 Å². The fraction of sp³-hybridized carbons (Fsp3) is 0.318. The maximum atomic E-state index is 12.6. The first-order valence-electron chi connectivity index (χ1n) is 9.67. The molecule has 1 aliphatic rings. The minimum atomic E-state index is -0.0998. The Labute approximate surface area is 169 Å². The average molecular weight is 392 g/mol. The monoisotopic (exact) mass is 392 g/mol. The zero-order valence-corrected chi connectivity index (χ0v) is 16.4. The first kappa shape index (κ1) is 19.3. The van der Waals surface area contributed by atoms with Gasteiger partial charge in [0.05, 0.1) is 38.2 Å². The maximum Gasteiger partial charge on any atom is 0.255 e. The first-order valence-corrected chi connectivity index (χ1v) is 9.67. The van der Waals surface area contributed by atoms with Crippen LogP contribution in [-0.2, 0) is 23.1 Å². The average Bonchev–Trinajstić information content (AvgIpc) is 2.77. The Morgan fingerprint density at radius 2 is 1.97 bits per heavy atom. The van der Waals surface area contributed by atoms with Crippen molar-refractivity contribution in [3.63, 3.8) is 0 Å². The highest BCUT2D eigenvalue weighted by Gasteiger charge is 2.27. The molecule has 0 N–H and O–H groups in total. The van der Waals surface area contributed by atoms with E-state index in [2.05, 4.69) is 9.88 Å². The number of aromatic nitrogens is 3. The van der Waals surface area contributed by atoms with E-state index in [1.54, 1.807) is 30.1 Å². The summed E-state index contributed by atoms with van der Waals surface area (Å²) in [5.41, 5.74) is 2.53. The van der Waals surface area contributed by atoms with Crippen molar-refractivity contribution >= 4 is 5.95 Å². The van der Waals surface area contributed by atoms with Crippen molar-refractivity contribution in [3.05, 3.63) is 76.8 Å². The molecule has 3 heterocycles. The van der Waals surface area contributed by atoms with Gasteiger partial charge in [-0.15, -0.1) is 0 Å². The van der Waals surface area contributed by atoms with Crippen LogP contribution < -0.4 is 10.5 Å². The molecule has 0 amide bonds. The van der Waals surface area contributed by atoms with Crippen LogP contribution in [0.2, 0.25) is 0 Å². The van der Waals surface area contributed by atoms with Crippen LogP contribution >= 0.6 is 0 Å². The summed E-state index contributed by atoms with van der Waals surface area (Å²) in [7, 11) is 1.75. The number of ether oxygens (including phenoxy) is 2. The number of morpholine rings is 1. The summed E-state index contributed by atoms with van der Waals surface area (Å²) in [6.45, 7) is 2.80. The van der Waals surface area contributed by atoms with E-state index in [1.807, 2.05) is 42.5 Å². The van der Waals surface area contributed by atoms with Gasteiger partial charge in [0.15, 0.2) is 0 Å². The molecule has 0 spiro atoms. The minimum Gasteiger partial charge on any atom is -0.377 e. The van der Waals surface area contributed by atoms with Crippen LogP contribution in [0.1, 0.15) is 5.56 Å². The number of rotatable bonds is 6. The van der Waals surface area contributed by atoms with Crippen LogP contribution in [0.5, 0.6) is 0 Å². The van der Waals surface area contributed by atoms with Gasteiger partial charge in [-0.25, -0.2) is 4.98 Å². The standard InChI is InChI=1S/C22H24N4O3/c1-25-21(27)13-20(18-7-9-23-10-8-18)24-22(25)26-11-12-28-15-19(26)16-29-14-17-5-3-2-4-6-17/h2-10,13,19H,11-12,14-16H2,1H3/t19-/m0/s1. The molecule has 1 fully saturated rings. The third kappa shape index (κ3) is 4.52. The SMILES string of the molecule is Cn1c(N2CCOC[C@H]2COCc2ccccc2)nc(-c2ccncc2)cc1=O. The number of hydrogen-bond donors (Lipinski definition) is 0. The Morgan fingerprint density at radius 3 is 2.76 bits per heavy atom. The molecule has 2 aromatic heterocycles. The molecule has 7 heteroatoms. The second-order valence-corrected chi connectivity index (χ2v) is 7.00. The molecule has 4 rings (SSSR count). The van der Waals surface area contributed by atoms with E-state index in [0.29, 0.717) is 44.6 Å². The molecule has 0 aliphatic carbocycles. The molecule has 150 valence electrons. The number of pyridine rings is 1. The van der Waals surface area contributed by atoms with Gasteiger partial charge < -0.3 is 14.4 Å². The van der Waals surface area contributed by atoms with Gasteiger partial charge in [-0.1, -0.05) is 30.3 Å². The zero-order valence-electron chi connectivity index (χ0n) is 16.4. The Balaban J connectivity index is 1.56. The molecule has 1 aliphatic heterocycles. The van der Waals surface area contributed by atoms with Gasteiger partial charge >= 0.3 is 0 Å². The Kier molecular flexibility index (Phi) is 5.97. The summed E-state index contributed by atoms with van der Waals surface area (Å²) < 4.78 is 13.2. The first-order chi connectivity index (χ1) is 14.2. The molecular weight excluding hydrogens is 368 g/mol. The molecule has 0 bridgehead atoms. The van der Waals surface area contributed by atoms with E-state index < -0.39 is 0 Å². The third-order valence-electron chi connectivity index (χ3n) is 4.99. The van der Waals surface area contributed by atoms with Gasteiger partial charge in [0.1, 0.15) is 0 Å². The molecule has 0 unspecified atom stereocenters. The van der Waals surface area contributed by atoms with E-state index >= 15 is 0 Å². The van der Waals surface area contributed by atoms with E-state index in [1.165, 1.54) is 0 Å². The predicted octanol–water partition coefficient (Wildman–Crippen LogP) is 2.26. The second kappa shape index (κ2) is 8.98. The van der Waals surface area contributed by atoms with Crippen LogP contribution in [0.4, 0.5) is 5.95 Å². The highest BCUT2D eigenvalue weighted by atomic mass is 16.5. The predicted molar refractivity (Wildman–Crippen MR) is 111 cm³/mol. The molecular formula is C22H24N4O3. The smallest absolute Gasteiger partial charge is 0.255 e. The number of benzene rings is 1. The van der Waals surface area contributed by atoms with E-state index in [-0.39, 0.29) is 11.6 Å². The fourth-order valence-corrected chi connectivity index (χ4v) is 3.40. The number of anilines is 1. The van der Waals surface area contributed by atoms with Gasteiger partial charge in [0.2, 0.25) is 5.95 Å². The van der Waals surface area contributed by atoms with Gasteiger partial charge in [-0.3, -0.25) is 14.3 Å². The lowest BCUT2D eigenvalue weighted by molar-refractivity contribution is 0.0380. The van der Waals surface area contributed by atoms with E-state index in [4.69, 9.17) is 14.5 Å². The number of hydrogen-bond acceptors (Lipinski definition) is 6. The lowest BCUT2D eigenvalue weighted by atomic mass is 10.2. The van der Waals surface area contributed by atoms with Crippen LogP contribution in [0.15, 0.2) is 65.7 Å². The topological polar surface area (TPSA) is 69.5 Å². The molecule has 0 radical (unpaired) electrons. The Morgan fingerprint density at radius 1 is 1.17 bits per heavy atom. The maximum absolute atomic E-state index is 12.6. The van der Waals surface area contributed by atoms with Crippen molar-refractivity contribution in [2.75, 3.05) is 31.3 Å². The summed E-state index contributed by atoms with van der Waals surface area (Å²) in [4.78, 5) is 23.5. The van der Waals surface area contributed by atoms with Gasteiger partial charge in [0.25, 0.3) is 5.56 Å². The lowest BCUT2D eigenvalue weighted by Gasteiger charge is -2.36. The summed E-state index contributed by atoms with van der Waals surface area (Å²) in [5.74, 6) is 0.626. The van der Waals surface area contributed by atoms with Crippen molar-refractivity contribution in [2.45, 2.75) is 12.6 Å². The normalized spacial score (nSPS) is 16.7. The van der Waals surface area contributed by atoms with Crippen molar-refractivity contribution in [1.29, 1.82) is 0 Å². The quantitative estimate of drug-likeness (QED) is 0.641. The Hall–Kier alpha value is -3.03. The van der Waals surface area contributed by atoms with Crippen LogP contribution in [0, 0.1) is 0 Å². The van der Waals surface area contributed by atoms with E-state index in [0.717, 1.165) is 11.1 Å². The van der Waals surface area contributed by atoms with Gasteiger partial charge in [0, 0.05) is 37.6 Å². The van der Waals surface area contributed by atoms with Crippen molar-refractivity contribution in [3.8, 4) is 11.3 Å². The lowest BCUT2D eigenvalue weighted by Crippen LogP contribution is -2.50. The summed E-state index contributed by atoms with van der Waals surface area (Å²) in [6.07, 6.45) is 3.40. The number of nitrogens with zero attached hydrogens (tertiary/aromatic N) is 4. The van der Waals surface area contributed by atoms with Crippen molar-refractivity contribution < 1.29 is 9.47 Å². The van der Waals surface area contributed by atoms with Crippen molar-refractivity contribution in [1.82, 2.24) is 14.5 Å². The minimum absolute atomic E-state index is 0.0155. The van der Waals surface area contributed by atoms with Gasteiger partial charge in [-0.2, -0.15) is 0 Å². The van der Waals surface area contributed by atoms with Crippen molar-refractivity contribution in [2.24, 2.45) is 7.05 Å². The highest BCUT2D eigenvalue weighted by Crippen LogP contribution is 2.21. The second-order valence-electron chi connectivity index (χ2n) is 7.00. The summed E-state index contributed by atoms with van der Waals surface area (Å²) >= 11 is 0.